The van der Waals surface area contributed by atoms with Crippen LogP contribution in [0, 0.1) is 12.1 Å². The van der Waals surface area contributed by atoms with Gasteiger partial charge in [0.25, 0.3) is 0 Å². The number of hydrogen-bond donors (Lipinski definition) is 0. The van der Waals surface area contributed by atoms with Crippen molar-refractivity contribution in [2.24, 2.45) is 0 Å². The molecule has 160 valence electrons. The Kier molecular flexibility index (Phi) is 5.18. The van der Waals surface area contributed by atoms with Gasteiger partial charge in [-0.25, -0.2) is 4.68 Å². The summed E-state index contributed by atoms with van der Waals surface area (Å²) in [6.07, 6.45) is 8.81. The average molecular weight is 411 g/mol. The van der Waals surface area contributed by atoms with Crippen molar-refractivity contribution in [1.82, 2.24) is 24.6 Å². The zero-order valence-electron chi connectivity index (χ0n) is 17.6. The summed E-state index contributed by atoms with van der Waals surface area (Å²) in [5, 5.41) is 17.8. The normalized spacial score (nSPS) is 23.5. The van der Waals surface area contributed by atoms with Crippen LogP contribution < -0.4 is 0 Å². The molecular formula is C22H30N6O2. The number of quaternary nitrogens is 1. The molecule has 2 aliphatic heterocycles. The standard InChI is InChI=1S/C22H30N6O2/c1-17-13-19(5-7-23-17)27-15-18-14-26(8-6-21(18)24-27)22(16-29)25-9-11-28(30,12-10-25)20-3-2-4-20/h5,7,13,15-16,20,22H,2-4,6,8-12,14H2,1H3. The van der Waals surface area contributed by atoms with Gasteiger partial charge in [0.15, 0.2) is 6.29 Å². The largest absolute Gasteiger partial charge is 0.633 e. The van der Waals surface area contributed by atoms with E-state index in [1.807, 2.05) is 23.7 Å². The molecule has 0 amide bonds. The number of carbonyl (C=O) groups is 1. The molecule has 0 spiro atoms. The Morgan fingerprint density at radius 1 is 1.23 bits per heavy atom. The fourth-order valence-corrected chi connectivity index (χ4v) is 5.08. The third-order valence-corrected chi connectivity index (χ3v) is 7.17. The molecule has 1 atom stereocenters. The van der Waals surface area contributed by atoms with E-state index in [0.717, 1.165) is 49.2 Å². The van der Waals surface area contributed by atoms with E-state index in [2.05, 4.69) is 21.0 Å². The number of aromatic nitrogens is 3. The quantitative estimate of drug-likeness (QED) is 0.424. The first-order valence-corrected chi connectivity index (χ1v) is 11.1. The molecule has 0 aromatic carbocycles. The second kappa shape index (κ2) is 7.85. The smallest absolute Gasteiger partial charge is 0.151 e. The summed E-state index contributed by atoms with van der Waals surface area (Å²) in [7, 11) is 0. The van der Waals surface area contributed by atoms with Gasteiger partial charge in [0, 0.05) is 43.2 Å². The molecule has 8 heteroatoms. The number of carbonyl (C=O) groups excluding carboxylic acids is 1. The van der Waals surface area contributed by atoms with E-state index >= 15 is 0 Å². The predicted molar refractivity (Wildman–Crippen MR) is 113 cm³/mol. The van der Waals surface area contributed by atoms with E-state index in [1.54, 1.807) is 6.20 Å². The van der Waals surface area contributed by atoms with Crippen LogP contribution >= 0.6 is 0 Å². The molecule has 0 radical (unpaired) electrons. The topological polar surface area (TPSA) is 77.3 Å². The molecule has 2 aromatic rings. The molecule has 0 N–H and O–H groups in total. The van der Waals surface area contributed by atoms with Crippen molar-refractivity contribution in [2.45, 2.75) is 51.4 Å². The molecule has 0 bridgehead atoms. The van der Waals surface area contributed by atoms with Crippen LogP contribution in [-0.2, 0) is 17.8 Å². The maximum Gasteiger partial charge on any atom is 0.151 e. The molecule has 2 fully saturated rings. The van der Waals surface area contributed by atoms with Crippen molar-refractivity contribution in [1.29, 1.82) is 0 Å². The van der Waals surface area contributed by atoms with Crippen LogP contribution in [0.5, 0.6) is 0 Å². The lowest BCUT2D eigenvalue weighted by molar-refractivity contribution is -0.915. The first-order valence-electron chi connectivity index (χ1n) is 11.1. The van der Waals surface area contributed by atoms with Crippen molar-refractivity contribution in [3.8, 4) is 5.69 Å². The van der Waals surface area contributed by atoms with E-state index in [4.69, 9.17) is 5.10 Å². The number of nitrogens with zero attached hydrogens (tertiary/aromatic N) is 6. The van der Waals surface area contributed by atoms with Gasteiger partial charge in [0.05, 0.1) is 43.6 Å². The van der Waals surface area contributed by atoms with Crippen LogP contribution in [0.1, 0.15) is 36.2 Å². The fraction of sp³-hybridized carbons (Fsp3) is 0.591. The van der Waals surface area contributed by atoms with Crippen molar-refractivity contribution in [3.63, 3.8) is 0 Å². The van der Waals surface area contributed by atoms with Gasteiger partial charge in [-0.15, -0.1) is 0 Å². The highest BCUT2D eigenvalue weighted by Gasteiger charge is 2.39. The molecule has 8 nitrogen and oxygen atoms in total. The summed E-state index contributed by atoms with van der Waals surface area (Å²) in [4.78, 5) is 20.7. The van der Waals surface area contributed by atoms with E-state index in [9.17, 15) is 10.0 Å². The Morgan fingerprint density at radius 3 is 2.70 bits per heavy atom. The van der Waals surface area contributed by atoms with E-state index in [1.165, 1.54) is 12.0 Å². The van der Waals surface area contributed by atoms with Crippen molar-refractivity contribution in [3.05, 3.63) is 46.7 Å². The van der Waals surface area contributed by atoms with Gasteiger partial charge in [0.1, 0.15) is 6.17 Å². The van der Waals surface area contributed by atoms with Gasteiger partial charge in [-0.1, -0.05) is 0 Å². The van der Waals surface area contributed by atoms with Crippen LogP contribution in [0.3, 0.4) is 0 Å². The maximum absolute atomic E-state index is 13.1. The van der Waals surface area contributed by atoms with Gasteiger partial charge in [-0.3, -0.25) is 14.8 Å². The number of hydrogen-bond acceptors (Lipinski definition) is 6. The third kappa shape index (κ3) is 3.58. The number of hydroxylamine groups is 3. The zero-order valence-corrected chi connectivity index (χ0v) is 17.6. The number of rotatable bonds is 5. The van der Waals surface area contributed by atoms with Gasteiger partial charge in [-0.2, -0.15) is 5.10 Å². The van der Waals surface area contributed by atoms with Gasteiger partial charge >= 0.3 is 0 Å². The lowest BCUT2D eigenvalue weighted by atomic mass is 9.90. The summed E-state index contributed by atoms with van der Waals surface area (Å²) in [6, 6.07) is 4.27. The van der Waals surface area contributed by atoms with E-state index in [-0.39, 0.29) is 10.8 Å². The molecule has 3 aliphatic rings. The number of pyridine rings is 1. The minimum Gasteiger partial charge on any atom is -0.633 e. The van der Waals surface area contributed by atoms with Crippen LogP contribution in [0.4, 0.5) is 0 Å². The van der Waals surface area contributed by atoms with E-state index in [0.29, 0.717) is 38.8 Å². The van der Waals surface area contributed by atoms with Crippen LogP contribution in [0.15, 0.2) is 24.5 Å². The lowest BCUT2D eigenvalue weighted by Crippen LogP contribution is -2.65. The number of piperazine rings is 1. The second-order valence-electron chi connectivity index (χ2n) is 8.99. The molecular weight excluding hydrogens is 380 g/mol. The van der Waals surface area contributed by atoms with Gasteiger partial charge in [-0.05, 0) is 38.3 Å². The van der Waals surface area contributed by atoms with Crippen LogP contribution in [-0.4, -0.2) is 80.4 Å². The molecule has 1 saturated carbocycles. The molecule has 1 aliphatic carbocycles. The summed E-state index contributed by atoms with van der Waals surface area (Å²) in [5.74, 6) is 0. The predicted octanol–water partition coefficient (Wildman–Crippen LogP) is 1.64. The molecule has 5 rings (SSSR count). The Balaban J connectivity index is 1.27. The Labute approximate surface area is 177 Å². The highest BCUT2D eigenvalue weighted by atomic mass is 16.5. The van der Waals surface area contributed by atoms with Crippen LogP contribution in [0.2, 0.25) is 0 Å². The first kappa shape index (κ1) is 19.8. The SMILES string of the molecule is Cc1cc(-n2cc3c(n2)CCN(C(C=O)N2CC[N+]([O-])(C4CCC4)CC2)C3)ccn1. The fourth-order valence-electron chi connectivity index (χ4n) is 5.08. The molecule has 1 unspecified atom stereocenters. The summed E-state index contributed by atoms with van der Waals surface area (Å²) >= 11 is 0. The van der Waals surface area contributed by atoms with E-state index < -0.39 is 0 Å². The summed E-state index contributed by atoms with van der Waals surface area (Å²) in [6.45, 7) is 6.09. The number of aryl methyl sites for hydroxylation is 1. The Bertz CT molecular complexity index is 916. The zero-order chi connectivity index (χ0) is 20.7. The average Bonchev–Trinajstić information content (AvgIpc) is 3.12. The number of aldehydes is 1. The summed E-state index contributed by atoms with van der Waals surface area (Å²) in [5.41, 5.74) is 4.24. The third-order valence-electron chi connectivity index (χ3n) is 7.17. The van der Waals surface area contributed by atoms with Crippen molar-refractivity contribution < 1.29 is 9.44 Å². The minimum absolute atomic E-state index is 0.0512. The second-order valence-corrected chi connectivity index (χ2v) is 8.99. The van der Waals surface area contributed by atoms with Crippen molar-refractivity contribution in [2.75, 3.05) is 32.7 Å². The Morgan fingerprint density at radius 2 is 2.03 bits per heavy atom. The highest BCUT2D eigenvalue weighted by Crippen LogP contribution is 2.32. The minimum atomic E-state index is -0.264. The summed E-state index contributed by atoms with van der Waals surface area (Å²) < 4.78 is 1.87. The molecule has 4 heterocycles. The first-order chi connectivity index (χ1) is 14.6. The van der Waals surface area contributed by atoms with Crippen LogP contribution in [0.25, 0.3) is 5.69 Å². The maximum atomic E-state index is 13.1. The lowest BCUT2D eigenvalue weighted by Gasteiger charge is -2.56. The molecule has 1 saturated heterocycles. The molecule has 2 aromatic heterocycles. The highest BCUT2D eigenvalue weighted by molar-refractivity contribution is 5.57. The Hall–Kier alpha value is -2.13. The van der Waals surface area contributed by atoms with Gasteiger partial charge < -0.3 is 14.6 Å². The molecule has 30 heavy (non-hydrogen) atoms. The van der Waals surface area contributed by atoms with Crippen molar-refractivity contribution >= 4 is 6.29 Å². The van der Waals surface area contributed by atoms with Gasteiger partial charge in [0.2, 0.25) is 0 Å². The number of fused-ring (bicyclic) bond motifs is 1. The monoisotopic (exact) mass is 410 g/mol.